The van der Waals surface area contributed by atoms with Gasteiger partial charge in [0.1, 0.15) is 11.0 Å². The molecule has 0 unspecified atom stereocenters. The maximum absolute atomic E-state index is 16.6. The summed E-state index contributed by atoms with van der Waals surface area (Å²) in [6, 6.07) is 11.5. The number of aromatic nitrogens is 4. The van der Waals surface area contributed by atoms with E-state index in [0.29, 0.717) is 58.8 Å². The molecule has 2 aromatic carbocycles. The van der Waals surface area contributed by atoms with E-state index in [4.69, 9.17) is 16.6 Å². The second kappa shape index (κ2) is 11.0. The van der Waals surface area contributed by atoms with Gasteiger partial charge in [0.2, 0.25) is 5.91 Å². The predicted molar refractivity (Wildman–Crippen MR) is 162 cm³/mol. The Balaban J connectivity index is 1.53. The van der Waals surface area contributed by atoms with Crippen LogP contribution in [0.15, 0.2) is 43.0 Å². The minimum absolute atomic E-state index is 0.162. The lowest BCUT2D eigenvalue weighted by Crippen LogP contribution is -2.57. The van der Waals surface area contributed by atoms with Crippen molar-refractivity contribution in [3.8, 4) is 17.2 Å². The molecule has 4 heterocycles. The Hall–Kier alpha value is -4.07. The van der Waals surface area contributed by atoms with Crippen LogP contribution in [0, 0.1) is 24.1 Å². The predicted octanol–water partition coefficient (Wildman–Crippen LogP) is 5.13. The fourth-order valence-corrected chi connectivity index (χ4v) is 6.51. The summed E-state index contributed by atoms with van der Waals surface area (Å²) < 4.78 is 18.4. The molecule has 0 radical (unpaired) electrons. The lowest BCUT2D eigenvalue weighted by atomic mass is 9.94. The summed E-state index contributed by atoms with van der Waals surface area (Å²) >= 11 is 6.81. The van der Waals surface area contributed by atoms with Gasteiger partial charge in [-0.2, -0.15) is 5.26 Å². The largest absolute Gasteiger partial charge is 0.351 e. The molecule has 0 N–H and O–H groups in total. The summed E-state index contributed by atoms with van der Waals surface area (Å²) in [6.07, 6.45) is 2.58. The second-order valence-electron chi connectivity index (χ2n) is 11.4. The van der Waals surface area contributed by atoms with Crippen molar-refractivity contribution in [2.24, 2.45) is 0 Å². The lowest BCUT2D eigenvalue weighted by molar-refractivity contribution is -0.130. The molecule has 0 saturated carbocycles. The number of rotatable bonds is 6. The lowest BCUT2D eigenvalue weighted by Gasteiger charge is -2.43. The number of piperidine rings is 1. The highest BCUT2D eigenvalue weighted by Crippen LogP contribution is 2.42. The molecule has 2 aromatic heterocycles. The summed E-state index contributed by atoms with van der Waals surface area (Å²) in [5.41, 5.74) is 3.44. The van der Waals surface area contributed by atoms with Gasteiger partial charge in [-0.25, -0.2) is 14.1 Å². The van der Waals surface area contributed by atoms with Crippen LogP contribution in [0.3, 0.4) is 0 Å². The molecule has 0 bridgehead atoms. The minimum Gasteiger partial charge on any atom is -0.351 e. The molecule has 11 heteroatoms. The molecule has 9 nitrogen and oxygen atoms in total. The third-order valence-electron chi connectivity index (χ3n) is 8.59. The van der Waals surface area contributed by atoms with Crippen molar-refractivity contribution < 1.29 is 9.18 Å². The summed E-state index contributed by atoms with van der Waals surface area (Å²) in [4.78, 5) is 23.3. The zero-order valence-corrected chi connectivity index (χ0v) is 24.6. The number of hydrogen-bond donors (Lipinski definition) is 0. The fourth-order valence-electron chi connectivity index (χ4n) is 6.21. The van der Waals surface area contributed by atoms with E-state index in [0.717, 1.165) is 18.7 Å². The fraction of sp³-hybridized carbons (Fsp3) is 0.387. The van der Waals surface area contributed by atoms with Gasteiger partial charge >= 0.3 is 0 Å². The first-order chi connectivity index (χ1) is 20.2. The van der Waals surface area contributed by atoms with E-state index in [1.165, 1.54) is 6.08 Å². The number of carbonyl (C=O) groups is 1. The van der Waals surface area contributed by atoms with Gasteiger partial charge in [-0.15, -0.1) is 5.10 Å². The van der Waals surface area contributed by atoms with Crippen molar-refractivity contribution >= 4 is 45.3 Å². The molecule has 4 aromatic rings. The molecule has 2 aliphatic heterocycles. The zero-order chi connectivity index (χ0) is 29.7. The van der Waals surface area contributed by atoms with Crippen LogP contribution in [0.1, 0.15) is 30.9 Å². The van der Waals surface area contributed by atoms with Gasteiger partial charge in [0, 0.05) is 42.7 Å². The number of benzene rings is 2. The van der Waals surface area contributed by atoms with E-state index in [1.807, 2.05) is 50.0 Å². The second-order valence-corrected chi connectivity index (χ2v) is 11.8. The van der Waals surface area contributed by atoms with Gasteiger partial charge in [-0.05, 0) is 51.6 Å². The molecule has 2 aliphatic rings. The molecule has 6 rings (SSSR count). The third-order valence-corrected chi connectivity index (χ3v) is 8.89. The Labute approximate surface area is 248 Å². The van der Waals surface area contributed by atoms with E-state index in [9.17, 15) is 10.1 Å². The van der Waals surface area contributed by atoms with Crippen molar-refractivity contribution in [3.63, 3.8) is 0 Å². The van der Waals surface area contributed by atoms with Crippen LogP contribution in [0.4, 0.5) is 10.2 Å². The summed E-state index contributed by atoms with van der Waals surface area (Å²) in [5.74, 6) is -0.0941. The number of likely N-dealkylation sites (tertiary alicyclic amines) is 1. The first kappa shape index (κ1) is 28.1. The van der Waals surface area contributed by atoms with Crippen LogP contribution >= 0.6 is 11.6 Å². The number of amides is 1. The van der Waals surface area contributed by atoms with Gasteiger partial charge in [0.15, 0.2) is 17.2 Å². The standard InChI is InChI=1S/C31H32ClFN8O/c1-5-25(42)40-12-10-21(14-20(40)9-11-34)41-30-23-15-24(32)26(19-8-6-7-18(2)13-19)27(33)28(23)35-31(29(30)36-37-41)39-16-22(17-39)38(3)4/h5-8,13,15,20-22H,1,9-10,12,14,16-17H2,2-4H3/t20-,21+/m1/s1. The van der Waals surface area contributed by atoms with Gasteiger partial charge in [0.05, 0.1) is 23.6 Å². The normalized spacial score (nSPS) is 19.4. The molecule has 1 amide bonds. The summed E-state index contributed by atoms with van der Waals surface area (Å²) in [6.45, 7) is 7.49. The summed E-state index contributed by atoms with van der Waals surface area (Å²) in [7, 11) is 4.08. The number of carbonyl (C=O) groups excluding carboxylic acids is 1. The quantitative estimate of drug-likeness (QED) is 0.289. The molecule has 2 saturated heterocycles. The van der Waals surface area contributed by atoms with Crippen LogP contribution in [-0.2, 0) is 4.79 Å². The van der Waals surface area contributed by atoms with Crippen LogP contribution in [0.25, 0.3) is 33.1 Å². The van der Waals surface area contributed by atoms with E-state index in [2.05, 4.69) is 32.8 Å². The van der Waals surface area contributed by atoms with Crippen molar-refractivity contribution in [2.45, 2.75) is 44.3 Å². The Morgan fingerprint density at radius 1 is 1.29 bits per heavy atom. The maximum atomic E-state index is 16.6. The number of aryl methyl sites for hydroxylation is 1. The maximum Gasteiger partial charge on any atom is 0.246 e. The highest BCUT2D eigenvalue weighted by molar-refractivity contribution is 6.34. The van der Waals surface area contributed by atoms with Gasteiger partial charge in [-0.1, -0.05) is 53.2 Å². The number of likely N-dealkylation sites (N-methyl/N-ethyl adjacent to an activating group) is 1. The number of hydrogen-bond acceptors (Lipinski definition) is 7. The smallest absolute Gasteiger partial charge is 0.246 e. The molecule has 0 aliphatic carbocycles. The van der Waals surface area contributed by atoms with Crippen molar-refractivity contribution in [3.05, 3.63) is 59.4 Å². The summed E-state index contributed by atoms with van der Waals surface area (Å²) in [5, 5.41) is 19.5. The van der Waals surface area contributed by atoms with E-state index in [-0.39, 0.29) is 35.0 Å². The van der Waals surface area contributed by atoms with Gasteiger partial charge in [0.25, 0.3) is 0 Å². The highest BCUT2D eigenvalue weighted by atomic mass is 35.5. The van der Waals surface area contributed by atoms with Crippen LogP contribution in [0.2, 0.25) is 5.02 Å². The molecule has 2 atom stereocenters. The third kappa shape index (κ3) is 4.67. The van der Waals surface area contributed by atoms with Crippen molar-refractivity contribution in [1.82, 2.24) is 29.8 Å². The van der Waals surface area contributed by atoms with E-state index >= 15 is 4.39 Å². The van der Waals surface area contributed by atoms with E-state index in [1.54, 1.807) is 11.0 Å². The monoisotopic (exact) mass is 586 g/mol. The molecule has 216 valence electrons. The molecular weight excluding hydrogens is 555 g/mol. The Kier molecular flexibility index (Phi) is 7.33. The van der Waals surface area contributed by atoms with Crippen LogP contribution < -0.4 is 4.90 Å². The molecule has 2 fully saturated rings. The van der Waals surface area contributed by atoms with Gasteiger partial charge < -0.3 is 14.7 Å². The van der Waals surface area contributed by atoms with Crippen LogP contribution in [-0.4, -0.2) is 81.5 Å². The first-order valence-corrected chi connectivity index (χ1v) is 14.4. The zero-order valence-electron chi connectivity index (χ0n) is 23.9. The number of pyridine rings is 1. The Morgan fingerprint density at radius 2 is 2.07 bits per heavy atom. The first-order valence-electron chi connectivity index (χ1n) is 14.1. The van der Waals surface area contributed by atoms with Crippen LogP contribution in [0.5, 0.6) is 0 Å². The Bertz CT molecular complexity index is 1760. The van der Waals surface area contributed by atoms with Crippen molar-refractivity contribution in [2.75, 3.05) is 38.6 Å². The SMILES string of the molecule is C=CC(=O)N1CC[C@H](n2nnc3c(N4CC(N(C)C)C4)nc4c(F)c(-c5cccc(C)c5)c(Cl)cc4c32)C[C@H]1CC#N. The number of nitrogens with zero attached hydrogens (tertiary/aromatic N) is 8. The van der Waals surface area contributed by atoms with E-state index < -0.39 is 5.82 Å². The number of halogens is 2. The highest BCUT2D eigenvalue weighted by Gasteiger charge is 2.36. The topological polar surface area (TPSA) is 94.2 Å². The molecule has 42 heavy (non-hydrogen) atoms. The van der Waals surface area contributed by atoms with Crippen molar-refractivity contribution in [1.29, 1.82) is 5.26 Å². The molecule has 0 spiro atoms. The van der Waals surface area contributed by atoms with Gasteiger partial charge in [-0.3, -0.25) is 4.79 Å². The average Bonchev–Trinajstić information content (AvgIpc) is 3.38. The molecular formula is C31H32ClFN8O. The minimum atomic E-state index is -0.488. The number of fused-ring (bicyclic) bond motifs is 3. The Morgan fingerprint density at radius 3 is 2.76 bits per heavy atom. The average molecular weight is 587 g/mol. The number of anilines is 1. The number of nitriles is 1.